The van der Waals surface area contributed by atoms with Crippen LogP contribution in [0, 0.1) is 25.2 Å². The van der Waals surface area contributed by atoms with Gasteiger partial charge in [-0.25, -0.2) is 9.78 Å². The van der Waals surface area contributed by atoms with Gasteiger partial charge in [0.1, 0.15) is 5.56 Å². The van der Waals surface area contributed by atoms with E-state index in [4.69, 9.17) is 15.0 Å². The first-order valence-electron chi connectivity index (χ1n) is 10.4. The minimum absolute atomic E-state index is 0.103. The Morgan fingerprint density at radius 1 is 1.12 bits per heavy atom. The van der Waals surface area contributed by atoms with Crippen molar-refractivity contribution in [3.63, 3.8) is 0 Å². The molecule has 0 radical (unpaired) electrons. The van der Waals surface area contributed by atoms with Crippen LogP contribution in [0.15, 0.2) is 54.7 Å². The number of rotatable bonds is 5. The van der Waals surface area contributed by atoms with Gasteiger partial charge in [-0.05, 0) is 56.2 Å². The van der Waals surface area contributed by atoms with E-state index in [1.807, 2.05) is 44.2 Å². The van der Waals surface area contributed by atoms with Crippen molar-refractivity contribution in [3.8, 4) is 11.9 Å². The van der Waals surface area contributed by atoms with E-state index in [2.05, 4.69) is 10.4 Å². The number of carbonyl (C=O) groups excluding carboxylic acids is 2. The zero-order valence-electron chi connectivity index (χ0n) is 18.4. The van der Waals surface area contributed by atoms with Gasteiger partial charge < -0.3 is 10.1 Å². The van der Waals surface area contributed by atoms with Crippen LogP contribution in [0.1, 0.15) is 44.3 Å². The fourth-order valence-electron chi connectivity index (χ4n) is 3.56. The van der Waals surface area contributed by atoms with Crippen LogP contribution >= 0.6 is 0 Å². The molecule has 0 spiro atoms. The maximum Gasteiger partial charge on any atom is 0.343 e. The lowest BCUT2D eigenvalue weighted by molar-refractivity contribution is 0.0527. The summed E-state index contributed by atoms with van der Waals surface area (Å²) in [5.74, 6) is -0.516. The predicted molar refractivity (Wildman–Crippen MR) is 123 cm³/mol. The van der Waals surface area contributed by atoms with Gasteiger partial charge in [0.05, 0.1) is 30.0 Å². The van der Waals surface area contributed by atoms with Crippen LogP contribution in [0.5, 0.6) is 0 Å². The number of esters is 1. The van der Waals surface area contributed by atoms with E-state index in [1.54, 1.807) is 25.1 Å². The van der Waals surface area contributed by atoms with Crippen LogP contribution in [0.3, 0.4) is 0 Å². The Balaban J connectivity index is 1.84. The number of carbonyl (C=O) groups is 2. The van der Waals surface area contributed by atoms with Gasteiger partial charge in [0.25, 0.3) is 5.91 Å². The fourth-order valence-corrected chi connectivity index (χ4v) is 3.56. The summed E-state index contributed by atoms with van der Waals surface area (Å²) >= 11 is 0. The van der Waals surface area contributed by atoms with E-state index >= 15 is 0 Å². The molecule has 0 saturated carbocycles. The number of hydrogen-bond acceptors (Lipinski definition) is 6. The molecule has 1 N–H and O–H groups in total. The summed E-state index contributed by atoms with van der Waals surface area (Å²) in [6, 6.07) is 16.1. The Morgan fingerprint density at radius 2 is 1.91 bits per heavy atom. The van der Waals surface area contributed by atoms with Crippen LogP contribution < -0.4 is 5.32 Å². The monoisotopic (exact) mass is 439 g/mol. The van der Waals surface area contributed by atoms with E-state index in [1.165, 1.54) is 16.9 Å². The quantitative estimate of drug-likeness (QED) is 0.463. The standard InChI is InChI=1S/C25H21N5O3/c1-4-33-25(32)20-14-27-30(21-11-16(3)19-10-5-7-15(2)22(19)28-21)23(20)29-24(31)18-9-6-8-17(12-18)13-26/h5-12,14H,4H2,1-3H3,(H,29,31). The lowest BCUT2D eigenvalue weighted by atomic mass is 10.1. The minimum atomic E-state index is -0.612. The molecule has 164 valence electrons. The third kappa shape index (κ3) is 4.16. The molecule has 0 fully saturated rings. The average molecular weight is 439 g/mol. The van der Waals surface area contributed by atoms with Crippen molar-refractivity contribution in [2.24, 2.45) is 0 Å². The van der Waals surface area contributed by atoms with Gasteiger partial charge in [0.2, 0.25) is 0 Å². The molecule has 2 aromatic heterocycles. The summed E-state index contributed by atoms with van der Waals surface area (Å²) < 4.78 is 6.56. The Hall–Kier alpha value is -4.51. The largest absolute Gasteiger partial charge is 0.462 e. The van der Waals surface area contributed by atoms with Crippen molar-refractivity contribution in [2.45, 2.75) is 20.8 Å². The van der Waals surface area contributed by atoms with Gasteiger partial charge in [0, 0.05) is 10.9 Å². The third-order valence-corrected chi connectivity index (χ3v) is 5.20. The van der Waals surface area contributed by atoms with Crippen molar-refractivity contribution in [2.75, 3.05) is 11.9 Å². The molecule has 2 heterocycles. The number of aromatic nitrogens is 3. The molecule has 0 aliphatic carbocycles. The molecule has 0 bridgehead atoms. The summed E-state index contributed by atoms with van der Waals surface area (Å²) in [5, 5.41) is 17.2. The van der Waals surface area contributed by atoms with Gasteiger partial charge in [0.15, 0.2) is 11.6 Å². The smallest absolute Gasteiger partial charge is 0.343 e. The van der Waals surface area contributed by atoms with Gasteiger partial charge >= 0.3 is 5.97 Å². The van der Waals surface area contributed by atoms with Crippen LogP contribution in [0.25, 0.3) is 16.7 Å². The van der Waals surface area contributed by atoms with E-state index in [0.29, 0.717) is 11.4 Å². The van der Waals surface area contributed by atoms with Crippen molar-refractivity contribution in [1.82, 2.24) is 14.8 Å². The molecule has 0 unspecified atom stereocenters. The fraction of sp³-hybridized carbons (Fsp3) is 0.160. The van der Waals surface area contributed by atoms with Crippen LogP contribution in [0.4, 0.5) is 5.82 Å². The van der Waals surface area contributed by atoms with Crippen molar-refractivity contribution < 1.29 is 14.3 Å². The maximum atomic E-state index is 13.0. The summed E-state index contributed by atoms with van der Waals surface area (Å²) in [4.78, 5) is 30.3. The molecule has 4 aromatic rings. The number of para-hydroxylation sites is 1. The maximum absolute atomic E-state index is 13.0. The van der Waals surface area contributed by atoms with Crippen molar-refractivity contribution in [3.05, 3.63) is 82.5 Å². The average Bonchev–Trinajstić information content (AvgIpc) is 3.23. The highest BCUT2D eigenvalue weighted by molar-refractivity contribution is 6.07. The number of nitrogens with zero attached hydrogens (tertiary/aromatic N) is 4. The molecule has 33 heavy (non-hydrogen) atoms. The van der Waals surface area contributed by atoms with Crippen molar-refractivity contribution >= 4 is 28.6 Å². The van der Waals surface area contributed by atoms with E-state index in [-0.39, 0.29) is 23.6 Å². The topological polar surface area (TPSA) is 110 Å². The molecule has 2 aromatic carbocycles. The first kappa shape index (κ1) is 21.7. The number of nitrogens with one attached hydrogen (secondary N) is 1. The molecule has 0 aliphatic heterocycles. The third-order valence-electron chi connectivity index (χ3n) is 5.20. The normalized spacial score (nSPS) is 10.6. The number of pyridine rings is 1. The molecule has 4 rings (SSSR count). The number of ether oxygens (including phenoxy) is 1. The highest BCUT2D eigenvalue weighted by Gasteiger charge is 2.23. The number of fused-ring (bicyclic) bond motifs is 1. The molecule has 0 atom stereocenters. The molecule has 8 heteroatoms. The SMILES string of the molecule is CCOC(=O)c1cnn(-c2cc(C)c3cccc(C)c3n2)c1NC(=O)c1cccc(C#N)c1. The first-order chi connectivity index (χ1) is 15.9. The summed E-state index contributed by atoms with van der Waals surface area (Å²) in [6.45, 7) is 5.81. The summed E-state index contributed by atoms with van der Waals surface area (Å²) in [5.41, 5.74) is 3.50. The first-order valence-corrected chi connectivity index (χ1v) is 10.4. The second kappa shape index (κ2) is 8.93. The Morgan fingerprint density at radius 3 is 2.67 bits per heavy atom. The Kier molecular flexibility index (Phi) is 5.87. The second-order valence-corrected chi connectivity index (χ2v) is 7.45. The summed E-state index contributed by atoms with van der Waals surface area (Å²) in [7, 11) is 0. The molecule has 0 aliphatic rings. The highest BCUT2D eigenvalue weighted by atomic mass is 16.5. The van der Waals surface area contributed by atoms with E-state index in [0.717, 1.165) is 22.0 Å². The van der Waals surface area contributed by atoms with Crippen LogP contribution in [0.2, 0.25) is 0 Å². The Bertz CT molecular complexity index is 1430. The van der Waals surface area contributed by atoms with Crippen LogP contribution in [-0.4, -0.2) is 33.2 Å². The van der Waals surface area contributed by atoms with Crippen molar-refractivity contribution in [1.29, 1.82) is 5.26 Å². The number of nitriles is 1. The van der Waals surface area contributed by atoms with E-state index < -0.39 is 11.9 Å². The van der Waals surface area contributed by atoms with Gasteiger partial charge in [-0.3, -0.25) is 4.79 Å². The summed E-state index contributed by atoms with van der Waals surface area (Å²) in [6.07, 6.45) is 1.35. The molecule has 1 amide bonds. The molecule has 8 nitrogen and oxygen atoms in total. The minimum Gasteiger partial charge on any atom is -0.462 e. The lowest BCUT2D eigenvalue weighted by Crippen LogP contribution is -2.18. The van der Waals surface area contributed by atoms with Gasteiger partial charge in [-0.2, -0.15) is 15.0 Å². The molecular weight excluding hydrogens is 418 g/mol. The molecular formula is C25H21N5O3. The predicted octanol–water partition coefficient (Wildman–Crippen LogP) is 4.34. The van der Waals surface area contributed by atoms with Gasteiger partial charge in [-0.15, -0.1) is 0 Å². The van der Waals surface area contributed by atoms with Gasteiger partial charge in [-0.1, -0.05) is 24.3 Å². The number of aryl methyl sites for hydroxylation is 2. The second-order valence-electron chi connectivity index (χ2n) is 7.45. The number of amides is 1. The zero-order valence-corrected chi connectivity index (χ0v) is 18.4. The number of benzene rings is 2. The highest BCUT2D eigenvalue weighted by Crippen LogP contribution is 2.26. The Labute approximate surface area is 190 Å². The zero-order chi connectivity index (χ0) is 23.5. The van der Waals surface area contributed by atoms with E-state index in [9.17, 15) is 9.59 Å². The lowest BCUT2D eigenvalue weighted by Gasteiger charge is -2.13. The molecule has 0 saturated heterocycles. The number of anilines is 1. The van der Waals surface area contributed by atoms with Crippen LogP contribution in [-0.2, 0) is 4.74 Å². The number of hydrogen-bond donors (Lipinski definition) is 1.